The normalized spacial score (nSPS) is 28.9. The third-order valence-corrected chi connectivity index (χ3v) is 3.84. The SMILES string of the molecule is COCC(C(C)C)N1CCC(NC2CC2)C1. The Labute approximate surface area is 99.5 Å². The van der Waals surface area contributed by atoms with Gasteiger partial charge in [-0.2, -0.15) is 0 Å². The number of nitrogens with one attached hydrogen (secondary N) is 1. The number of hydrogen-bond acceptors (Lipinski definition) is 3. The largest absolute Gasteiger partial charge is 0.383 e. The molecule has 0 radical (unpaired) electrons. The van der Waals surface area contributed by atoms with Crippen molar-refractivity contribution in [2.45, 2.75) is 51.2 Å². The van der Waals surface area contributed by atoms with E-state index in [2.05, 4.69) is 24.1 Å². The quantitative estimate of drug-likeness (QED) is 0.742. The molecular weight excluding hydrogens is 200 g/mol. The van der Waals surface area contributed by atoms with Gasteiger partial charge in [0.2, 0.25) is 0 Å². The van der Waals surface area contributed by atoms with Crippen LogP contribution in [0.2, 0.25) is 0 Å². The second-order valence-electron chi connectivity index (χ2n) is 5.69. The molecule has 2 atom stereocenters. The van der Waals surface area contributed by atoms with Crippen LogP contribution in [0, 0.1) is 5.92 Å². The van der Waals surface area contributed by atoms with E-state index >= 15 is 0 Å². The molecule has 2 rings (SSSR count). The third kappa shape index (κ3) is 3.19. The molecule has 0 aromatic carbocycles. The first-order chi connectivity index (χ1) is 7.70. The third-order valence-electron chi connectivity index (χ3n) is 3.84. The highest BCUT2D eigenvalue weighted by Gasteiger charge is 2.32. The summed E-state index contributed by atoms with van der Waals surface area (Å²) in [5.74, 6) is 0.680. The van der Waals surface area contributed by atoms with Crippen LogP contribution in [0.5, 0.6) is 0 Å². The van der Waals surface area contributed by atoms with Gasteiger partial charge in [0, 0.05) is 38.3 Å². The van der Waals surface area contributed by atoms with Crippen molar-refractivity contribution in [2.75, 3.05) is 26.8 Å². The van der Waals surface area contributed by atoms with Crippen molar-refractivity contribution in [3.8, 4) is 0 Å². The molecule has 0 aromatic rings. The summed E-state index contributed by atoms with van der Waals surface area (Å²) in [5.41, 5.74) is 0. The summed E-state index contributed by atoms with van der Waals surface area (Å²) >= 11 is 0. The highest BCUT2D eigenvalue weighted by atomic mass is 16.5. The maximum atomic E-state index is 5.34. The Morgan fingerprint density at radius 1 is 1.25 bits per heavy atom. The minimum atomic E-state index is 0.594. The van der Waals surface area contributed by atoms with Crippen molar-refractivity contribution in [3.05, 3.63) is 0 Å². The lowest BCUT2D eigenvalue weighted by Crippen LogP contribution is -2.43. The number of methoxy groups -OCH3 is 1. The first-order valence-electron chi connectivity index (χ1n) is 6.69. The van der Waals surface area contributed by atoms with Gasteiger partial charge in [0.15, 0.2) is 0 Å². The van der Waals surface area contributed by atoms with Crippen LogP contribution < -0.4 is 5.32 Å². The number of rotatable bonds is 6. The summed E-state index contributed by atoms with van der Waals surface area (Å²) in [6, 6.07) is 2.16. The van der Waals surface area contributed by atoms with Gasteiger partial charge >= 0.3 is 0 Å². The molecule has 1 aliphatic carbocycles. The Hall–Kier alpha value is -0.120. The Bertz CT molecular complexity index is 216. The molecule has 1 N–H and O–H groups in total. The second-order valence-corrected chi connectivity index (χ2v) is 5.69. The number of ether oxygens (including phenoxy) is 1. The molecule has 1 aliphatic heterocycles. The van der Waals surface area contributed by atoms with Crippen molar-refractivity contribution in [1.82, 2.24) is 10.2 Å². The van der Waals surface area contributed by atoms with Crippen LogP contribution in [0.3, 0.4) is 0 Å². The highest BCUT2D eigenvalue weighted by molar-refractivity contribution is 4.91. The monoisotopic (exact) mass is 226 g/mol. The lowest BCUT2D eigenvalue weighted by Gasteiger charge is -2.30. The summed E-state index contributed by atoms with van der Waals surface area (Å²) < 4.78 is 5.34. The molecule has 2 fully saturated rings. The van der Waals surface area contributed by atoms with Gasteiger partial charge in [-0.3, -0.25) is 4.90 Å². The molecule has 3 heteroatoms. The van der Waals surface area contributed by atoms with Gasteiger partial charge in [-0.15, -0.1) is 0 Å². The van der Waals surface area contributed by atoms with Crippen LogP contribution in [-0.2, 0) is 4.74 Å². The summed E-state index contributed by atoms with van der Waals surface area (Å²) in [6.07, 6.45) is 4.09. The van der Waals surface area contributed by atoms with Gasteiger partial charge < -0.3 is 10.1 Å². The molecule has 3 nitrogen and oxygen atoms in total. The molecule has 1 saturated carbocycles. The topological polar surface area (TPSA) is 24.5 Å². The van der Waals surface area contributed by atoms with Gasteiger partial charge in [-0.25, -0.2) is 0 Å². The Morgan fingerprint density at radius 2 is 2.00 bits per heavy atom. The van der Waals surface area contributed by atoms with Gasteiger partial charge in [0.05, 0.1) is 6.61 Å². The molecule has 2 unspecified atom stereocenters. The molecule has 0 aromatic heterocycles. The Balaban J connectivity index is 1.79. The molecular formula is C13H26N2O. The van der Waals surface area contributed by atoms with Gasteiger partial charge in [0.25, 0.3) is 0 Å². The number of nitrogens with zero attached hydrogens (tertiary/aromatic N) is 1. The van der Waals surface area contributed by atoms with Crippen LogP contribution in [0.1, 0.15) is 33.1 Å². The van der Waals surface area contributed by atoms with Gasteiger partial charge in [-0.05, 0) is 25.2 Å². The van der Waals surface area contributed by atoms with E-state index in [1.54, 1.807) is 0 Å². The van der Waals surface area contributed by atoms with E-state index in [9.17, 15) is 0 Å². The molecule has 16 heavy (non-hydrogen) atoms. The zero-order valence-electron chi connectivity index (χ0n) is 10.9. The van der Waals surface area contributed by atoms with E-state index in [0.29, 0.717) is 12.0 Å². The zero-order valence-corrected chi connectivity index (χ0v) is 10.9. The summed E-state index contributed by atoms with van der Waals surface area (Å²) in [6.45, 7) is 7.91. The predicted molar refractivity (Wildman–Crippen MR) is 66.6 cm³/mol. The molecule has 1 heterocycles. The molecule has 0 spiro atoms. The smallest absolute Gasteiger partial charge is 0.0620 e. The fraction of sp³-hybridized carbons (Fsp3) is 1.00. The average Bonchev–Trinajstić information content (AvgIpc) is 2.92. The van der Waals surface area contributed by atoms with Crippen molar-refractivity contribution < 1.29 is 4.74 Å². The van der Waals surface area contributed by atoms with Crippen LogP contribution >= 0.6 is 0 Å². The van der Waals surface area contributed by atoms with Crippen molar-refractivity contribution >= 4 is 0 Å². The average molecular weight is 226 g/mol. The fourth-order valence-corrected chi connectivity index (χ4v) is 2.70. The summed E-state index contributed by atoms with van der Waals surface area (Å²) in [5, 5.41) is 3.74. The second kappa shape index (κ2) is 5.48. The minimum Gasteiger partial charge on any atom is -0.383 e. The molecule has 2 aliphatic rings. The van der Waals surface area contributed by atoms with E-state index in [4.69, 9.17) is 4.74 Å². The first kappa shape index (κ1) is 12.3. The van der Waals surface area contributed by atoms with Crippen molar-refractivity contribution in [2.24, 2.45) is 5.92 Å². The molecule has 1 saturated heterocycles. The number of hydrogen-bond donors (Lipinski definition) is 1. The summed E-state index contributed by atoms with van der Waals surface area (Å²) in [7, 11) is 1.81. The fourth-order valence-electron chi connectivity index (χ4n) is 2.70. The van der Waals surface area contributed by atoms with E-state index in [1.165, 1.54) is 32.4 Å². The van der Waals surface area contributed by atoms with E-state index < -0.39 is 0 Å². The van der Waals surface area contributed by atoms with E-state index in [1.807, 2.05) is 7.11 Å². The van der Waals surface area contributed by atoms with Crippen LogP contribution in [-0.4, -0.2) is 49.8 Å². The minimum absolute atomic E-state index is 0.594. The lowest BCUT2D eigenvalue weighted by molar-refractivity contribution is 0.0778. The first-order valence-corrected chi connectivity index (χ1v) is 6.69. The maximum Gasteiger partial charge on any atom is 0.0620 e. The number of likely N-dealkylation sites (tertiary alicyclic amines) is 1. The standard InChI is InChI=1S/C13H26N2O/c1-10(2)13(9-16-3)15-7-6-12(8-15)14-11-4-5-11/h10-14H,4-9H2,1-3H3. The molecule has 0 amide bonds. The van der Waals surface area contributed by atoms with Gasteiger partial charge in [0.1, 0.15) is 0 Å². The lowest BCUT2D eigenvalue weighted by atomic mass is 10.0. The van der Waals surface area contributed by atoms with Crippen molar-refractivity contribution in [1.29, 1.82) is 0 Å². The molecule has 94 valence electrons. The summed E-state index contributed by atoms with van der Waals surface area (Å²) in [4.78, 5) is 2.61. The van der Waals surface area contributed by atoms with Gasteiger partial charge in [-0.1, -0.05) is 13.8 Å². The predicted octanol–water partition coefficient (Wildman–Crippen LogP) is 1.48. The van der Waals surface area contributed by atoms with E-state index in [0.717, 1.165) is 18.7 Å². The Morgan fingerprint density at radius 3 is 2.56 bits per heavy atom. The maximum absolute atomic E-state index is 5.34. The van der Waals surface area contributed by atoms with Crippen LogP contribution in [0.15, 0.2) is 0 Å². The Kier molecular flexibility index (Phi) is 4.22. The molecule has 0 bridgehead atoms. The van der Waals surface area contributed by atoms with E-state index in [-0.39, 0.29) is 0 Å². The van der Waals surface area contributed by atoms with Crippen LogP contribution in [0.4, 0.5) is 0 Å². The highest BCUT2D eigenvalue weighted by Crippen LogP contribution is 2.24. The van der Waals surface area contributed by atoms with Crippen molar-refractivity contribution in [3.63, 3.8) is 0 Å². The zero-order chi connectivity index (χ0) is 11.5. The van der Waals surface area contributed by atoms with Crippen LogP contribution in [0.25, 0.3) is 0 Å².